The van der Waals surface area contributed by atoms with E-state index in [0.717, 1.165) is 22.0 Å². The summed E-state index contributed by atoms with van der Waals surface area (Å²) in [6, 6.07) is 13.0. The molecular formula is C21H22N2O4. The number of carboxylic acids is 1. The van der Waals surface area contributed by atoms with Crippen LogP contribution >= 0.6 is 0 Å². The Morgan fingerprint density at radius 1 is 1.15 bits per heavy atom. The summed E-state index contributed by atoms with van der Waals surface area (Å²) in [5.74, 6) is -1.19. The van der Waals surface area contributed by atoms with Crippen LogP contribution in [0.3, 0.4) is 0 Å². The number of benzene rings is 2. The molecule has 1 amide bonds. The number of anilines is 1. The smallest absolute Gasteiger partial charge is 0.312 e. The lowest BCUT2D eigenvalue weighted by atomic mass is 9.99. The molecule has 0 spiro atoms. The third kappa shape index (κ3) is 4.11. The molecule has 140 valence electrons. The van der Waals surface area contributed by atoms with Gasteiger partial charge in [-0.2, -0.15) is 0 Å². The van der Waals surface area contributed by atoms with Crippen molar-refractivity contribution in [2.24, 2.45) is 0 Å². The number of hydrogen-bond acceptors (Lipinski definition) is 3. The van der Waals surface area contributed by atoms with E-state index in [9.17, 15) is 14.7 Å². The molecule has 0 aliphatic heterocycles. The maximum Gasteiger partial charge on any atom is 0.312 e. The van der Waals surface area contributed by atoms with E-state index in [1.54, 1.807) is 12.1 Å². The summed E-state index contributed by atoms with van der Waals surface area (Å²) in [6.07, 6.45) is 1.36. The van der Waals surface area contributed by atoms with Crippen LogP contribution in [0, 0.1) is 0 Å². The minimum absolute atomic E-state index is 0.224. The first-order chi connectivity index (χ1) is 12.8. The average Bonchev–Trinajstić information content (AvgIpc) is 2.99. The molecule has 6 heteroatoms. The number of aliphatic carboxylic acids is 1. The number of nitrogens with zero attached hydrogens (tertiary/aromatic N) is 1. The predicted octanol–water partition coefficient (Wildman–Crippen LogP) is 3.93. The third-order valence-corrected chi connectivity index (χ3v) is 4.47. The van der Waals surface area contributed by atoms with Gasteiger partial charge in [-0.05, 0) is 41.3 Å². The van der Waals surface area contributed by atoms with E-state index in [-0.39, 0.29) is 5.92 Å². The van der Waals surface area contributed by atoms with Crippen LogP contribution < -0.4 is 5.32 Å². The largest absolute Gasteiger partial charge is 0.508 e. The van der Waals surface area contributed by atoms with Crippen LogP contribution in [0.15, 0.2) is 48.7 Å². The Morgan fingerprint density at radius 3 is 2.63 bits per heavy atom. The van der Waals surface area contributed by atoms with Crippen LogP contribution in [0.1, 0.15) is 37.3 Å². The van der Waals surface area contributed by atoms with E-state index in [4.69, 9.17) is 5.11 Å². The second-order valence-corrected chi connectivity index (χ2v) is 6.85. The number of aromatic hydroxyl groups is 1. The summed E-state index contributed by atoms with van der Waals surface area (Å²) >= 11 is 0. The standard InChI is InChI=1S/C21H22N2O4/c1-13(2)16-10-14(6-7-19(16)24)12-23-9-8-15-17(4-3-5-18(15)23)22-20(25)11-21(26)27/h3-10,13,24H,11-12H2,1-2H3,(H,22,25)(H,26,27). The summed E-state index contributed by atoms with van der Waals surface area (Å²) in [5, 5.41) is 22.2. The normalized spacial score (nSPS) is 11.1. The van der Waals surface area contributed by atoms with Crippen LogP contribution in [-0.2, 0) is 16.1 Å². The second kappa shape index (κ2) is 7.53. The molecule has 3 rings (SSSR count). The van der Waals surface area contributed by atoms with Gasteiger partial charge in [0.2, 0.25) is 5.91 Å². The van der Waals surface area contributed by atoms with E-state index < -0.39 is 18.3 Å². The zero-order chi connectivity index (χ0) is 19.6. The van der Waals surface area contributed by atoms with Gasteiger partial charge in [0.05, 0.1) is 11.2 Å². The molecule has 1 heterocycles. The molecule has 0 aliphatic rings. The quantitative estimate of drug-likeness (QED) is 0.576. The van der Waals surface area contributed by atoms with Gasteiger partial charge < -0.3 is 20.1 Å². The Hall–Kier alpha value is -3.28. The summed E-state index contributed by atoms with van der Waals surface area (Å²) in [4.78, 5) is 22.5. The van der Waals surface area contributed by atoms with Crippen molar-refractivity contribution in [1.29, 1.82) is 0 Å². The average molecular weight is 366 g/mol. The Labute approximate surface area is 157 Å². The molecule has 0 bridgehead atoms. The fourth-order valence-corrected chi connectivity index (χ4v) is 3.16. The van der Waals surface area contributed by atoms with Crippen molar-refractivity contribution in [3.63, 3.8) is 0 Å². The van der Waals surface area contributed by atoms with Crippen molar-refractivity contribution in [1.82, 2.24) is 4.57 Å². The minimum Gasteiger partial charge on any atom is -0.508 e. The van der Waals surface area contributed by atoms with Crippen LogP contribution in [0.4, 0.5) is 5.69 Å². The molecule has 3 aromatic rings. The number of carbonyl (C=O) groups is 2. The third-order valence-electron chi connectivity index (χ3n) is 4.47. The topological polar surface area (TPSA) is 91.6 Å². The highest BCUT2D eigenvalue weighted by molar-refractivity contribution is 6.06. The molecule has 0 saturated heterocycles. The minimum atomic E-state index is -1.16. The molecule has 3 N–H and O–H groups in total. The van der Waals surface area contributed by atoms with E-state index in [1.807, 2.05) is 50.4 Å². The van der Waals surface area contributed by atoms with Gasteiger partial charge in [-0.25, -0.2) is 0 Å². The highest BCUT2D eigenvalue weighted by Gasteiger charge is 2.12. The fraction of sp³-hybridized carbons (Fsp3) is 0.238. The van der Waals surface area contributed by atoms with E-state index in [0.29, 0.717) is 18.0 Å². The monoisotopic (exact) mass is 366 g/mol. The maximum absolute atomic E-state index is 11.8. The summed E-state index contributed by atoms with van der Waals surface area (Å²) in [7, 11) is 0. The molecular weight excluding hydrogens is 344 g/mol. The van der Waals surface area contributed by atoms with E-state index >= 15 is 0 Å². The van der Waals surface area contributed by atoms with Gasteiger partial charge in [0, 0.05) is 18.1 Å². The number of carboxylic acid groups (broad SMARTS) is 1. The maximum atomic E-state index is 11.8. The number of aromatic nitrogens is 1. The Balaban J connectivity index is 1.89. The number of phenols is 1. The van der Waals surface area contributed by atoms with Crippen molar-refractivity contribution in [2.45, 2.75) is 32.7 Å². The van der Waals surface area contributed by atoms with E-state index in [2.05, 4.69) is 9.88 Å². The van der Waals surface area contributed by atoms with Gasteiger partial charge in [-0.15, -0.1) is 0 Å². The van der Waals surface area contributed by atoms with Gasteiger partial charge in [0.15, 0.2) is 0 Å². The van der Waals surface area contributed by atoms with Crippen LogP contribution in [-0.4, -0.2) is 26.7 Å². The molecule has 0 saturated carbocycles. The second-order valence-electron chi connectivity index (χ2n) is 6.85. The first kappa shape index (κ1) is 18.5. The molecule has 1 aromatic heterocycles. The van der Waals surface area contributed by atoms with Gasteiger partial charge in [-0.3, -0.25) is 9.59 Å². The van der Waals surface area contributed by atoms with Crippen molar-refractivity contribution >= 4 is 28.5 Å². The molecule has 0 radical (unpaired) electrons. The fourth-order valence-electron chi connectivity index (χ4n) is 3.16. The highest BCUT2D eigenvalue weighted by atomic mass is 16.4. The lowest BCUT2D eigenvalue weighted by Gasteiger charge is -2.12. The number of nitrogens with one attached hydrogen (secondary N) is 1. The number of fused-ring (bicyclic) bond motifs is 1. The Bertz CT molecular complexity index is 1000. The molecule has 0 fully saturated rings. The zero-order valence-electron chi connectivity index (χ0n) is 15.3. The van der Waals surface area contributed by atoms with Gasteiger partial charge >= 0.3 is 5.97 Å². The lowest BCUT2D eigenvalue weighted by molar-refractivity contribution is -0.139. The summed E-state index contributed by atoms with van der Waals surface area (Å²) in [5.41, 5.74) is 3.49. The van der Waals surface area contributed by atoms with Crippen molar-refractivity contribution in [2.75, 3.05) is 5.32 Å². The van der Waals surface area contributed by atoms with Crippen LogP contribution in [0.5, 0.6) is 5.75 Å². The Kier molecular flexibility index (Phi) is 5.16. The number of hydrogen-bond donors (Lipinski definition) is 3. The van der Waals surface area contributed by atoms with Gasteiger partial charge in [-0.1, -0.05) is 32.0 Å². The molecule has 0 unspecified atom stereocenters. The number of carbonyl (C=O) groups excluding carboxylic acids is 1. The number of rotatable bonds is 6. The van der Waals surface area contributed by atoms with Crippen LogP contribution in [0.2, 0.25) is 0 Å². The van der Waals surface area contributed by atoms with Crippen molar-refractivity contribution in [3.8, 4) is 5.75 Å². The Morgan fingerprint density at radius 2 is 1.93 bits per heavy atom. The summed E-state index contributed by atoms with van der Waals surface area (Å²) < 4.78 is 2.05. The molecule has 27 heavy (non-hydrogen) atoms. The van der Waals surface area contributed by atoms with Crippen LogP contribution in [0.25, 0.3) is 10.9 Å². The number of amides is 1. The first-order valence-corrected chi connectivity index (χ1v) is 8.76. The van der Waals surface area contributed by atoms with Gasteiger partial charge in [0.1, 0.15) is 12.2 Å². The summed E-state index contributed by atoms with van der Waals surface area (Å²) in [6.45, 7) is 4.70. The van der Waals surface area contributed by atoms with Crippen molar-refractivity contribution < 1.29 is 19.8 Å². The first-order valence-electron chi connectivity index (χ1n) is 8.76. The lowest BCUT2D eigenvalue weighted by Crippen LogP contribution is -2.16. The van der Waals surface area contributed by atoms with Crippen molar-refractivity contribution in [3.05, 3.63) is 59.8 Å². The SMILES string of the molecule is CC(C)c1cc(Cn2ccc3c(NC(=O)CC(=O)O)cccc32)ccc1O. The molecule has 0 aliphatic carbocycles. The highest BCUT2D eigenvalue weighted by Crippen LogP contribution is 2.28. The number of phenolic OH excluding ortho intramolecular Hbond substituents is 1. The zero-order valence-corrected chi connectivity index (χ0v) is 15.3. The molecule has 0 atom stereocenters. The predicted molar refractivity (Wildman–Crippen MR) is 104 cm³/mol. The molecule has 6 nitrogen and oxygen atoms in total. The molecule has 2 aromatic carbocycles. The van der Waals surface area contributed by atoms with E-state index in [1.165, 1.54) is 0 Å². The van der Waals surface area contributed by atoms with Gasteiger partial charge in [0.25, 0.3) is 0 Å².